The monoisotopic (exact) mass is 370 g/mol. The zero-order valence-corrected chi connectivity index (χ0v) is 16.4. The van der Waals surface area contributed by atoms with Gasteiger partial charge in [-0.2, -0.15) is 0 Å². The maximum absolute atomic E-state index is 8.87. The van der Waals surface area contributed by atoms with Gasteiger partial charge in [0.05, 0.1) is 17.6 Å². The molecular formula is C21H30N4O2. The smallest absolute Gasteiger partial charge is 0.152 e. The summed E-state index contributed by atoms with van der Waals surface area (Å²) in [5.74, 6) is 2.35. The maximum Gasteiger partial charge on any atom is 0.152 e. The summed E-state index contributed by atoms with van der Waals surface area (Å²) in [7, 11) is 0. The van der Waals surface area contributed by atoms with Gasteiger partial charge in [0.25, 0.3) is 0 Å². The molecule has 0 aliphatic carbocycles. The average Bonchev–Trinajstić information content (AvgIpc) is 3.03. The number of rotatable bonds is 10. The number of benzene rings is 1. The minimum Gasteiger partial charge on any atom is -0.494 e. The van der Waals surface area contributed by atoms with Gasteiger partial charge in [-0.25, -0.2) is 9.97 Å². The molecule has 0 bridgehead atoms. The van der Waals surface area contributed by atoms with Gasteiger partial charge < -0.3 is 20.1 Å². The molecule has 0 saturated heterocycles. The third-order valence-corrected chi connectivity index (χ3v) is 4.78. The van der Waals surface area contributed by atoms with Crippen LogP contribution in [0.2, 0.25) is 0 Å². The Labute approximate surface area is 160 Å². The van der Waals surface area contributed by atoms with Crippen LogP contribution in [0.4, 0.5) is 5.82 Å². The molecule has 6 nitrogen and oxygen atoms in total. The highest BCUT2D eigenvalue weighted by Gasteiger charge is 2.17. The number of aryl methyl sites for hydroxylation is 2. The van der Waals surface area contributed by atoms with Gasteiger partial charge >= 0.3 is 0 Å². The number of aliphatic hydroxyl groups is 1. The van der Waals surface area contributed by atoms with Crippen molar-refractivity contribution in [2.45, 2.75) is 58.9 Å². The third kappa shape index (κ3) is 4.16. The Morgan fingerprint density at radius 3 is 2.70 bits per heavy atom. The predicted octanol–water partition coefficient (Wildman–Crippen LogP) is 4.07. The van der Waals surface area contributed by atoms with E-state index in [0.29, 0.717) is 12.4 Å². The normalized spacial score (nSPS) is 11.5. The van der Waals surface area contributed by atoms with Crippen molar-refractivity contribution in [1.29, 1.82) is 0 Å². The van der Waals surface area contributed by atoms with Crippen LogP contribution in [0, 0.1) is 0 Å². The second kappa shape index (κ2) is 9.04. The van der Waals surface area contributed by atoms with E-state index in [1.54, 1.807) is 0 Å². The predicted molar refractivity (Wildman–Crippen MR) is 110 cm³/mol. The fraction of sp³-hybridized carbons (Fsp3) is 0.524. The Hall–Kier alpha value is -2.34. The lowest BCUT2D eigenvalue weighted by Crippen LogP contribution is -2.04. The van der Waals surface area contributed by atoms with E-state index in [1.807, 2.05) is 12.1 Å². The lowest BCUT2D eigenvalue weighted by atomic mass is 10.1. The van der Waals surface area contributed by atoms with E-state index in [9.17, 15) is 0 Å². The molecule has 0 spiro atoms. The van der Waals surface area contributed by atoms with Gasteiger partial charge in [-0.3, -0.25) is 0 Å². The highest BCUT2D eigenvalue weighted by atomic mass is 16.5. The highest BCUT2D eigenvalue weighted by Crippen LogP contribution is 2.31. The summed E-state index contributed by atoms with van der Waals surface area (Å²) in [6, 6.07) is 5.98. The number of pyridine rings is 1. The number of anilines is 1. The van der Waals surface area contributed by atoms with E-state index < -0.39 is 0 Å². The fourth-order valence-corrected chi connectivity index (χ4v) is 3.42. The molecule has 27 heavy (non-hydrogen) atoms. The lowest BCUT2D eigenvalue weighted by molar-refractivity contribution is 0.253. The molecule has 1 aromatic carbocycles. The number of hydrogen-bond donors (Lipinski definition) is 2. The Morgan fingerprint density at radius 1 is 1.11 bits per heavy atom. The Balaban J connectivity index is 2.04. The van der Waals surface area contributed by atoms with Gasteiger partial charge in [-0.15, -0.1) is 0 Å². The highest BCUT2D eigenvalue weighted by molar-refractivity contribution is 6.06. The number of imidazole rings is 1. The Bertz CT molecular complexity index is 904. The first-order valence-electron chi connectivity index (χ1n) is 10.0. The largest absolute Gasteiger partial charge is 0.494 e. The van der Waals surface area contributed by atoms with Crippen LogP contribution in [0.1, 0.15) is 51.8 Å². The summed E-state index contributed by atoms with van der Waals surface area (Å²) in [6.07, 6.45) is 5.83. The Morgan fingerprint density at radius 2 is 1.96 bits per heavy atom. The van der Waals surface area contributed by atoms with E-state index >= 15 is 0 Å². The van der Waals surface area contributed by atoms with E-state index in [1.165, 1.54) is 0 Å². The summed E-state index contributed by atoms with van der Waals surface area (Å²) in [5, 5.41) is 9.93. The summed E-state index contributed by atoms with van der Waals surface area (Å²) in [4.78, 5) is 9.42. The van der Waals surface area contributed by atoms with Crippen molar-refractivity contribution in [2.75, 3.05) is 18.9 Å². The minimum atomic E-state index is 0.193. The second-order valence-electron chi connectivity index (χ2n) is 6.94. The molecule has 6 heteroatoms. The molecule has 0 atom stereocenters. The molecule has 0 saturated carbocycles. The van der Waals surface area contributed by atoms with Crippen LogP contribution < -0.4 is 10.5 Å². The van der Waals surface area contributed by atoms with Crippen molar-refractivity contribution in [3.8, 4) is 5.75 Å². The van der Waals surface area contributed by atoms with Gasteiger partial charge in [0.15, 0.2) is 5.82 Å². The van der Waals surface area contributed by atoms with Crippen LogP contribution in [0.5, 0.6) is 5.75 Å². The molecular weight excluding hydrogens is 340 g/mol. The number of fused-ring (bicyclic) bond motifs is 3. The molecule has 3 aromatic rings. The standard InChI is InChI=1S/C21H30N4O2/c1-3-5-8-18-24-19-20(25(18)11-4-2)16-10-9-15(27-13-7-6-12-26)14-17(16)23-21(19)22/h9-10,14,26H,3-8,11-13H2,1-2H3,(H2,22,23). The summed E-state index contributed by atoms with van der Waals surface area (Å²) in [6.45, 7) is 6.08. The van der Waals surface area contributed by atoms with Gasteiger partial charge in [-0.1, -0.05) is 20.3 Å². The summed E-state index contributed by atoms with van der Waals surface area (Å²) < 4.78 is 8.10. The minimum absolute atomic E-state index is 0.193. The lowest BCUT2D eigenvalue weighted by Gasteiger charge is -2.11. The summed E-state index contributed by atoms with van der Waals surface area (Å²) in [5.41, 5.74) is 8.98. The van der Waals surface area contributed by atoms with E-state index in [4.69, 9.17) is 20.6 Å². The van der Waals surface area contributed by atoms with Crippen LogP contribution in [0.3, 0.4) is 0 Å². The zero-order valence-electron chi connectivity index (χ0n) is 16.4. The zero-order chi connectivity index (χ0) is 19.2. The molecule has 0 unspecified atom stereocenters. The number of nitrogen functional groups attached to an aromatic ring is 1. The van der Waals surface area contributed by atoms with Crippen molar-refractivity contribution >= 4 is 27.8 Å². The van der Waals surface area contributed by atoms with Crippen LogP contribution >= 0.6 is 0 Å². The van der Waals surface area contributed by atoms with Crippen molar-refractivity contribution in [2.24, 2.45) is 0 Å². The molecule has 146 valence electrons. The number of nitrogens with zero attached hydrogens (tertiary/aromatic N) is 3. The van der Waals surface area contributed by atoms with Gasteiger partial charge in [0.2, 0.25) is 0 Å². The second-order valence-corrected chi connectivity index (χ2v) is 6.94. The fourth-order valence-electron chi connectivity index (χ4n) is 3.42. The molecule has 0 aliphatic heterocycles. The first-order chi connectivity index (χ1) is 13.2. The average molecular weight is 370 g/mol. The van der Waals surface area contributed by atoms with Gasteiger partial charge in [0.1, 0.15) is 17.1 Å². The molecule has 2 heterocycles. The number of unbranched alkanes of at least 4 members (excludes halogenated alkanes) is 2. The van der Waals surface area contributed by atoms with Crippen LogP contribution in [0.15, 0.2) is 18.2 Å². The van der Waals surface area contributed by atoms with E-state index in [0.717, 1.165) is 78.6 Å². The van der Waals surface area contributed by atoms with Crippen LogP contribution in [0.25, 0.3) is 21.9 Å². The molecule has 3 rings (SSSR count). The first-order valence-corrected chi connectivity index (χ1v) is 10.0. The summed E-state index contributed by atoms with van der Waals surface area (Å²) >= 11 is 0. The maximum atomic E-state index is 8.87. The molecule has 2 aromatic heterocycles. The topological polar surface area (TPSA) is 86.2 Å². The Kier molecular flexibility index (Phi) is 6.50. The van der Waals surface area contributed by atoms with E-state index in [-0.39, 0.29) is 6.61 Å². The quantitative estimate of drug-likeness (QED) is 0.525. The van der Waals surface area contributed by atoms with Crippen molar-refractivity contribution in [3.05, 3.63) is 24.0 Å². The molecule has 0 radical (unpaired) electrons. The van der Waals surface area contributed by atoms with Gasteiger partial charge in [0, 0.05) is 31.0 Å². The number of aromatic nitrogens is 3. The molecule has 0 fully saturated rings. The van der Waals surface area contributed by atoms with Crippen molar-refractivity contribution < 1.29 is 9.84 Å². The van der Waals surface area contributed by atoms with Gasteiger partial charge in [-0.05, 0) is 37.8 Å². The molecule has 3 N–H and O–H groups in total. The number of hydrogen-bond acceptors (Lipinski definition) is 5. The number of ether oxygens (including phenoxy) is 1. The molecule has 0 amide bonds. The first kappa shape index (κ1) is 19.4. The number of aliphatic hydroxyl groups excluding tert-OH is 1. The molecule has 0 aliphatic rings. The van der Waals surface area contributed by atoms with Crippen LogP contribution in [-0.2, 0) is 13.0 Å². The van der Waals surface area contributed by atoms with Crippen LogP contribution in [-0.4, -0.2) is 32.9 Å². The van der Waals surface area contributed by atoms with E-state index in [2.05, 4.69) is 29.5 Å². The van der Waals surface area contributed by atoms with Crippen molar-refractivity contribution in [1.82, 2.24) is 14.5 Å². The SMILES string of the molecule is CCCCc1nc2c(N)nc3cc(OCCCCO)ccc3c2n1CCC. The number of nitrogens with two attached hydrogens (primary N) is 1. The van der Waals surface area contributed by atoms with Crippen molar-refractivity contribution in [3.63, 3.8) is 0 Å². The third-order valence-electron chi connectivity index (χ3n) is 4.78.